The van der Waals surface area contributed by atoms with Crippen LogP contribution < -0.4 is 11.1 Å². The molecule has 3 aromatic rings. The Morgan fingerprint density at radius 2 is 1.90 bits per heavy atom. The Hall–Kier alpha value is -2.97. The molecular weight excluding hydrogens is 394 g/mol. The third-order valence-corrected chi connectivity index (χ3v) is 5.13. The van der Waals surface area contributed by atoms with Gasteiger partial charge in [0.15, 0.2) is 5.82 Å². The summed E-state index contributed by atoms with van der Waals surface area (Å²) in [5, 5.41) is 18.7. The number of nitro benzene ring substituents is 1. The van der Waals surface area contributed by atoms with E-state index in [0.29, 0.717) is 23.6 Å². The summed E-state index contributed by atoms with van der Waals surface area (Å²) in [6, 6.07) is 14.5. The van der Waals surface area contributed by atoms with Crippen LogP contribution >= 0.6 is 12.4 Å². The maximum atomic E-state index is 11.6. The highest BCUT2D eigenvalue weighted by Gasteiger charge is 2.36. The number of benzene rings is 2. The van der Waals surface area contributed by atoms with Crippen LogP contribution in [0, 0.1) is 10.1 Å². The Labute approximate surface area is 174 Å². The van der Waals surface area contributed by atoms with Gasteiger partial charge in [0.1, 0.15) is 5.69 Å². The number of hydrogen-bond donors (Lipinski definition) is 2. The van der Waals surface area contributed by atoms with Crippen LogP contribution in [0.1, 0.15) is 37.1 Å². The topological polar surface area (TPSA) is 120 Å². The van der Waals surface area contributed by atoms with Gasteiger partial charge in [-0.3, -0.25) is 10.1 Å². The summed E-state index contributed by atoms with van der Waals surface area (Å²) in [4.78, 5) is 15.6. The van der Waals surface area contributed by atoms with Gasteiger partial charge in [0.2, 0.25) is 0 Å². The molecule has 0 spiro atoms. The highest BCUT2D eigenvalue weighted by Crippen LogP contribution is 2.36. The molecule has 2 aromatic carbocycles. The van der Waals surface area contributed by atoms with E-state index in [1.54, 1.807) is 12.1 Å². The summed E-state index contributed by atoms with van der Waals surface area (Å²) < 4.78 is 5.35. The largest absolute Gasteiger partial charge is 0.375 e. The van der Waals surface area contributed by atoms with Crippen LogP contribution in [-0.2, 0) is 12.1 Å². The highest BCUT2D eigenvalue weighted by atomic mass is 35.5. The normalized spacial score (nSPS) is 14.9. The van der Waals surface area contributed by atoms with Gasteiger partial charge < -0.3 is 15.6 Å². The van der Waals surface area contributed by atoms with Crippen LogP contribution in [0.25, 0.3) is 11.5 Å². The van der Waals surface area contributed by atoms with Crippen molar-refractivity contribution in [1.82, 2.24) is 10.1 Å². The number of anilines is 1. The standard InChI is InChI=1S/C20H21N5O3.ClH/c21-20(10-4-5-11-20)19-23-18(28-24-19)15-8-9-16(17(12-15)25(26)27)22-13-14-6-2-1-3-7-14;/h1-3,6-9,12,22H,4-5,10-11,13,21H2;1H. The maximum Gasteiger partial charge on any atom is 0.293 e. The van der Waals surface area contributed by atoms with Gasteiger partial charge in [-0.2, -0.15) is 4.98 Å². The molecule has 1 saturated carbocycles. The van der Waals surface area contributed by atoms with E-state index in [9.17, 15) is 10.1 Å². The van der Waals surface area contributed by atoms with Gasteiger partial charge in [0, 0.05) is 18.2 Å². The lowest BCUT2D eigenvalue weighted by Crippen LogP contribution is -2.34. The van der Waals surface area contributed by atoms with Gasteiger partial charge >= 0.3 is 0 Å². The van der Waals surface area contributed by atoms with Crippen molar-refractivity contribution in [3.63, 3.8) is 0 Å². The van der Waals surface area contributed by atoms with Crippen molar-refractivity contribution in [2.45, 2.75) is 37.8 Å². The minimum absolute atomic E-state index is 0. The van der Waals surface area contributed by atoms with Crippen LogP contribution in [0.3, 0.4) is 0 Å². The van der Waals surface area contributed by atoms with E-state index in [4.69, 9.17) is 10.3 Å². The van der Waals surface area contributed by atoms with E-state index in [2.05, 4.69) is 15.5 Å². The molecule has 1 aliphatic carbocycles. The van der Waals surface area contributed by atoms with Crippen LogP contribution in [0.15, 0.2) is 53.1 Å². The van der Waals surface area contributed by atoms with Crippen LogP contribution in [0.2, 0.25) is 0 Å². The Morgan fingerprint density at radius 1 is 1.17 bits per heavy atom. The number of nitrogens with one attached hydrogen (secondary N) is 1. The molecule has 4 rings (SSSR count). The lowest BCUT2D eigenvalue weighted by Gasteiger charge is -2.17. The zero-order valence-corrected chi connectivity index (χ0v) is 16.5. The molecule has 0 unspecified atom stereocenters. The second-order valence-corrected chi connectivity index (χ2v) is 7.11. The Balaban J connectivity index is 0.00000240. The number of hydrogen-bond acceptors (Lipinski definition) is 7. The van der Waals surface area contributed by atoms with Crippen molar-refractivity contribution in [2.75, 3.05) is 5.32 Å². The minimum Gasteiger partial charge on any atom is -0.375 e. The first-order chi connectivity index (χ1) is 13.5. The molecule has 0 bridgehead atoms. The van der Waals surface area contributed by atoms with Gasteiger partial charge in [-0.25, -0.2) is 0 Å². The minimum atomic E-state index is -0.565. The molecule has 1 aliphatic rings. The predicted octanol–water partition coefficient (Wildman–Crippen LogP) is 4.41. The van der Waals surface area contributed by atoms with E-state index < -0.39 is 10.5 Å². The monoisotopic (exact) mass is 415 g/mol. The van der Waals surface area contributed by atoms with Crippen LogP contribution in [0.4, 0.5) is 11.4 Å². The van der Waals surface area contributed by atoms with Crippen molar-refractivity contribution in [3.05, 3.63) is 70.0 Å². The molecule has 1 heterocycles. The first kappa shape index (κ1) is 20.8. The quantitative estimate of drug-likeness (QED) is 0.452. The molecule has 1 fully saturated rings. The summed E-state index contributed by atoms with van der Waals surface area (Å²) in [6.45, 7) is 0.488. The number of nitro groups is 1. The average Bonchev–Trinajstić information content (AvgIpc) is 3.37. The first-order valence-electron chi connectivity index (χ1n) is 9.25. The lowest BCUT2D eigenvalue weighted by molar-refractivity contribution is -0.383. The van der Waals surface area contributed by atoms with Crippen molar-refractivity contribution in [1.29, 1.82) is 0 Å². The number of rotatable bonds is 6. The molecule has 3 N–H and O–H groups in total. The molecule has 1 aromatic heterocycles. The number of aromatic nitrogens is 2. The van der Waals surface area contributed by atoms with E-state index in [1.807, 2.05) is 30.3 Å². The summed E-state index contributed by atoms with van der Waals surface area (Å²) in [7, 11) is 0. The number of nitrogens with zero attached hydrogens (tertiary/aromatic N) is 3. The zero-order chi connectivity index (χ0) is 19.6. The van der Waals surface area contributed by atoms with E-state index in [1.165, 1.54) is 6.07 Å². The fourth-order valence-electron chi connectivity index (χ4n) is 3.53. The summed E-state index contributed by atoms with van der Waals surface area (Å²) in [5.41, 5.74) is 7.72. The summed E-state index contributed by atoms with van der Waals surface area (Å²) >= 11 is 0. The molecule has 0 radical (unpaired) electrons. The maximum absolute atomic E-state index is 11.6. The number of nitrogens with two attached hydrogens (primary N) is 1. The van der Waals surface area contributed by atoms with E-state index in [0.717, 1.165) is 31.2 Å². The van der Waals surface area contributed by atoms with Gasteiger partial charge in [-0.1, -0.05) is 48.3 Å². The molecule has 8 nitrogen and oxygen atoms in total. The Kier molecular flexibility index (Phi) is 6.14. The summed E-state index contributed by atoms with van der Waals surface area (Å²) in [6.07, 6.45) is 3.70. The van der Waals surface area contributed by atoms with Gasteiger partial charge in [-0.05, 0) is 30.5 Å². The fourth-order valence-corrected chi connectivity index (χ4v) is 3.53. The van der Waals surface area contributed by atoms with Crippen molar-refractivity contribution in [2.24, 2.45) is 5.73 Å². The predicted molar refractivity (Wildman–Crippen MR) is 112 cm³/mol. The molecule has 0 amide bonds. The average molecular weight is 416 g/mol. The zero-order valence-electron chi connectivity index (χ0n) is 15.7. The first-order valence-corrected chi connectivity index (χ1v) is 9.25. The second-order valence-electron chi connectivity index (χ2n) is 7.11. The molecule has 0 aliphatic heterocycles. The number of halogens is 1. The highest BCUT2D eigenvalue weighted by molar-refractivity contribution is 5.85. The smallest absolute Gasteiger partial charge is 0.293 e. The van der Waals surface area contributed by atoms with E-state index in [-0.39, 0.29) is 24.0 Å². The third kappa shape index (κ3) is 4.38. The fraction of sp³-hybridized carbons (Fsp3) is 0.300. The van der Waals surface area contributed by atoms with Crippen molar-refractivity contribution in [3.8, 4) is 11.5 Å². The summed E-state index contributed by atoms with van der Waals surface area (Å²) in [5.74, 6) is 0.707. The Bertz CT molecular complexity index is 987. The lowest BCUT2D eigenvalue weighted by atomic mass is 9.99. The van der Waals surface area contributed by atoms with Crippen molar-refractivity contribution >= 4 is 23.8 Å². The molecule has 9 heteroatoms. The second kappa shape index (κ2) is 8.59. The molecule has 152 valence electrons. The molecule has 0 atom stereocenters. The van der Waals surface area contributed by atoms with Gasteiger partial charge in [0.25, 0.3) is 11.6 Å². The van der Waals surface area contributed by atoms with Gasteiger partial charge in [-0.15, -0.1) is 12.4 Å². The SMILES string of the molecule is Cl.NC1(c2noc(-c3ccc(NCc4ccccc4)c([N+](=O)[O-])c3)n2)CCCC1. The molecule has 0 saturated heterocycles. The van der Waals surface area contributed by atoms with Gasteiger partial charge in [0.05, 0.1) is 10.5 Å². The third-order valence-electron chi connectivity index (χ3n) is 5.13. The molecular formula is C20H22ClN5O3. The van der Waals surface area contributed by atoms with E-state index >= 15 is 0 Å². The Morgan fingerprint density at radius 3 is 2.59 bits per heavy atom. The van der Waals surface area contributed by atoms with Crippen LogP contribution in [0.5, 0.6) is 0 Å². The van der Waals surface area contributed by atoms with Crippen molar-refractivity contribution < 1.29 is 9.45 Å². The van der Waals surface area contributed by atoms with Crippen LogP contribution in [-0.4, -0.2) is 15.1 Å². The molecule has 29 heavy (non-hydrogen) atoms.